The first-order valence-electron chi connectivity index (χ1n) is 11.3. The number of nitrogens with one attached hydrogen (secondary N) is 1. The van der Waals surface area contributed by atoms with E-state index in [4.69, 9.17) is 14.3 Å². The fraction of sp³-hybridized carbons (Fsp3) is 0.179. The first-order chi connectivity index (χ1) is 17.9. The van der Waals surface area contributed by atoms with E-state index in [9.17, 15) is 19.6 Å². The Morgan fingerprint density at radius 2 is 1.76 bits per heavy atom. The Labute approximate surface area is 213 Å². The highest BCUT2D eigenvalue weighted by Gasteiger charge is 2.49. The predicted molar refractivity (Wildman–Crippen MR) is 135 cm³/mol. The Kier molecular flexibility index (Phi) is 7.30. The van der Waals surface area contributed by atoms with Gasteiger partial charge in [0.1, 0.15) is 0 Å². The maximum Gasteiger partial charge on any atom is 0.338 e. The maximum absolute atomic E-state index is 13.4. The highest BCUT2D eigenvalue weighted by Crippen LogP contribution is 2.33. The van der Waals surface area contributed by atoms with Crippen molar-refractivity contribution in [3.05, 3.63) is 89.5 Å². The lowest BCUT2D eigenvalue weighted by Crippen LogP contribution is -2.45. The summed E-state index contributed by atoms with van der Waals surface area (Å²) in [6, 6.07) is 22.7. The third-order valence-corrected chi connectivity index (χ3v) is 5.97. The van der Waals surface area contributed by atoms with Crippen LogP contribution < -0.4 is 5.32 Å². The molecule has 0 radical (unpaired) electrons. The van der Waals surface area contributed by atoms with Gasteiger partial charge in [0.2, 0.25) is 5.60 Å². The number of nitrogens with zero attached hydrogens (tertiary/aromatic N) is 2. The van der Waals surface area contributed by atoms with Crippen molar-refractivity contribution in [2.75, 3.05) is 19.5 Å². The number of amides is 1. The molecule has 0 bridgehead atoms. The third kappa shape index (κ3) is 5.33. The van der Waals surface area contributed by atoms with Crippen molar-refractivity contribution >= 4 is 29.2 Å². The van der Waals surface area contributed by atoms with Gasteiger partial charge in [0.05, 0.1) is 43.5 Å². The fourth-order valence-electron chi connectivity index (χ4n) is 4.00. The van der Waals surface area contributed by atoms with Gasteiger partial charge in [-0.2, -0.15) is 5.26 Å². The summed E-state index contributed by atoms with van der Waals surface area (Å²) in [5, 5.41) is 16.0. The summed E-state index contributed by atoms with van der Waals surface area (Å²) in [7, 11) is 2.55. The standard InChI is InChI=1S/C28H23N3O6/c1-35-25(32)16-28(15-24(31-37-28)20-7-5-6-18(14-20)17-29)27(34)30-21-12-10-19(11-13-21)22-8-3-4-9-23(22)26(33)36-2/h3-14H,15-16H2,1-2H3,(H,30,34). The normalized spacial score (nSPS) is 16.1. The molecule has 37 heavy (non-hydrogen) atoms. The number of esters is 2. The number of rotatable bonds is 7. The molecule has 1 atom stereocenters. The van der Waals surface area contributed by atoms with E-state index in [0.717, 1.165) is 5.56 Å². The molecule has 9 nitrogen and oxygen atoms in total. The largest absolute Gasteiger partial charge is 0.469 e. The minimum absolute atomic E-state index is 0.00734. The van der Waals surface area contributed by atoms with Gasteiger partial charge in [0.25, 0.3) is 5.91 Å². The van der Waals surface area contributed by atoms with E-state index in [1.807, 2.05) is 6.07 Å². The fourth-order valence-corrected chi connectivity index (χ4v) is 4.00. The second kappa shape index (κ2) is 10.7. The first kappa shape index (κ1) is 25.1. The zero-order chi connectivity index (χ0) is 26.4. The van der Waals surface area contributed by atoms with E-state index in [1.54, 1.807) is 66.7 Å². The van der Waals surface area contributed by atoms with E-state index >= 15 is 0 Å². The van der Waals surface area contributed by atoms with Crippen molar-refractivity contribution in [1.82, 2.24) is 0 Å². The third-order valence-electron chi connectivity index (χ3n) is 5.97. The molecular formula is C28H23N3O6. The number of methoxy groups -OCH3 is 2. The highest BCUT2D eigenvalue weighted by atomic mass is 16.7. The second-order valence-corrected chi connectivity index (χ2v) is 8.31. The van der Waals surface area contributed by atoms with E-state index in [2.05, 4.69) is 16.5 Å². The molecule has 1 heterocycles. The molecule has 0 aliphatic carbocycles. The summed E-state index contributed by atoms with van der Waals surface area (Å²) in [6.07, 6.45) is -0.349. The van der Waals surface area contributed by atoms with Crippen molar-refractivity contribution in [2.45, 2.75) is 18.4 Å². The molecule has 0 spiro atoms. The lowest BCUT2D eigenvalue weighted by atomic mass is 9.89. The molecule has 3 aromatic carbocycles. The molecule has 0 fully saturated rings. The smallest absolute Gasteiger partial charge is 0.338 e. The second-order valence-electron chi connectivity index (χ2n) is 8.31. The Morgan fingerprint density at radius 1 is 1.00 bits per heavy atom. The Balaban J connectivity index is 1.56. The van der Waals surface area contributed by atoms with E-state index in [0.29, 0.717) is 33.7 Å². The number of oxime groups is 1. The average molecular weight is 498 g/mol. The quantitative estimate of drug-likeness (QED) is 0.487. The predicted octanol–water partition coefficient (Wildman–Crippen LogP) is 4.08. The van der Waals surface area contributed by atoms with E-state index in [1.165, 1.54) is 14.2 Å². The van der Waals surface area contributed by atoms with Crippen LogP contribution in [-0.2, 0) is 23.9 Å². The summed E-state index contributed by atoms with van der Waals surface area (Å²) in [4.78, 5) is 43.3. The van der Waals surface area contributed by atoms with Crippen LogP contribution in [0.2, 0.25) is 0 Å². The van der Waals surface area contributed by atoms with Crippen molar-refractivity contribution in [3.63, 3.8) is 0 Å². The number of ether oxygens (including phenoxy) is 2. The van der Waals surface area contributed by atoms with E-state index in [-0.39, 0.29) is 12.8 Å². The molecule has 0 aromatic heterocycles. The van der Waals surface area contributed by atoms with Gasteiger partial charge >= 0.3 is 11.9 Å². The van der Waals surface area contributed by atoms with Crippen molar-refractivity contribution in [1.29, 1.82) is 5.26 Å². The van der Waals surface area contributed by atoms with Crippen LogP contribution in [-0.4, -0.2) is 43.4 Å². The summed E-state index contributed by atoms with van der Waals surface area (Å²) in [5.41, 5.74) is 2.18. The van der Waals surface area contributed by atoms with Crippen molar-refractivity contribution in [3.8, 4) is 17.2 Å². The van der Waals surface area contributed by atoms with Crippen LogP contribution in [0.25, 0.3) is 11.1 Å². The number of benzene rings is 3. The number of nitriles is 1. The van der Waals surface area contributed by atoms with Gasteiger partial charge in [-0.3, -0.25) is 9.59 Å². The highest BCUT2D eigenvalue weighted by molar-refractivity contribution is 6.09. The average Bonchev–Trinajstić information content (AvgIpc) is 3.38. The minimum Gasteiger partial charge on any atom is -0.469 e. The first-order valence-corrected chi connectivity index (χ1v) is 11.3. The topological polar surface area (TPSA) is 127 Å². The summed E-state index contributed by atoms with van der Waals surface area (Å²) < 4.78 is 9.65. The van der Waals surface area contributed by atoms with Gasteiger partial charge in [-0.15, -0.1) is 0 Å². The Hall–Kier alpha value is -4.97. The maximum atomic E-state index is 13.4. The van der Waals surface area contributed by atoms with Crippen LogP contribution in [0.4, 0.5) is 5.69 Å². The van der Waals surface area contributed by atoms with Crippen LogP contribution in [0, 0.1) is 11.3 Å². The summed E-state index contributed by atoms with van der Waals surface area (Å²) in [6.45, 7) is 0. The van der Waals surface area contributed by atoms with Gasteiger partial charge in [0, 0.05) is 17.7 Å². The molecule has 1 N–H and O–H groups in total. The molecule has 0 saturated heterocycles. The molecule has 1 amide bonds. The van der Waals surface area contributed by atoms with Gasteiger partial charge < -0.3 is 19.6 Å². The minimum atomic E-state index is -1.62. The SMILES string of the molecule is COC(=O)CC1(C(=O)Nc2ccc(-c3ccccc3C(=O)OC)cc2)CC(c2cccc(C#N)c2)=NO1. The van der Waals surface area contributed by atoms with Crippen LogP contribution in [0.5, 0.6) is 0 Å². The van der Waals surface area contributed by atoms with Crippen LogP contribution in [0.1, 0.15) is 34.3 Å². The molecule has 4 rings (SSSR count). The van der Waals surface area contributed by atoms with Crippen molar-refractivity contribution in [2.24, 2.45) is 5.16 Å². The lowest BCUT2D eigenvalue weighted by Gasteiger charge is -2.24. The molecule has 1 unspecified atom stereocenters. The van der Waals surface area contributed by atoms with Crippen LogP contribution in [0.3, 0.4) is 0 Å². The molecule has 186 valence electrons. The summed E-state index contributed by atoms with van der Waals surface area (Å²) >= 11 is 0. The zero-order valence-electron chi connectivity index (χ0n) is 20.2. The number of hydrogen-bond donors (Lipinski definition) is 1. The molecular weight excluding hydrogens is 474 g/mol. The van der Waals surface area contributed by atoms with Gasteiger partial charge in [0.15, 0.2) is 0 Å². The lowest BCUT2D eigenvalue weighted by molar-refractivity contribution is -0.155. The van der Waals surface area contributed by atoms with Gasteiger partial charge in [-0.05, 0) is 41.5 Å². The summed E-state index contributed by atoms with van der Waals surface area (Å²) in [5.74, 6) is -1.66. The molecule has 1 aliphatic heterocycles. The Morgan fingerprint density at radius 3 is 2.46 bits per heavy atom. The molecule has 3 aromatic rings. The van der Waals surface area contributed by atoms with Crippen LogP contribution >= 0.6 is 0 Å². The van der Waals surface area contributed by atoms with Crippen molar-refractivity contribution < 1.29 is 28.7 Å². The van der Waals surface area contributed by atoms with E-state index < -0.39 is 23.4 Å². The molecule has 9 heteroatoms. The number of carbonyl (C=O) groups is 3. The van der Waals surface area contributed by atoms with Gasteiger partial charge in [-0.25, -0.2) is 4.79 Å². The Bertz CT molecular complexity index is 1420. The molecule has 1 aliphatic rings. The zero-order valence-corrected chi connectivity index (χ0v) is 20.2. The van der Waals surface area contributed by atoms with Gasteiger partial charge in [-0.1, -0.05) is 47.6 Å². The number of hydrogen-bond acceptors (Lipinski definition) is 8. The van der Waals surface area contributed by atoms with Crippen LogP contribution in [0.15, 0.2) is 78.0 Å². The number of anilines is 1. The molecule has 0 saturated carbocycles. The number of carbonyl (C=O) groups excluding carboxylic acids is 3. The monoisotopic (exact) mass is 497 g/mol.